The first kappa shape index (κ1) is 16.4. The Morgan fingerprint density at radius 1 is 1.42 bits per heavy atom. The number of pyridine rings is 1. The Balaban J connectivity index is 1.47. The van der Waals surface area contributed by atoms with Gasteiger partial charge >= 0.3 is 0 Å². The van der Waals surface area contributed by atoms with Gasteiger partial charge in [0.1, 0.15) is 18.0 Å². The highest BCUT2D eigenvalue weighted by Gasteiger charge is 2.37. The van der Waals surface area contributed by atoms with E-state index in [9.17, 15) is 9.90 Å². The summed E-state index contributed by atoms with van der Waals surface area (Å²) in [6, 6.07) is 5.21. The number of hydrogen-bond donors (Lipinski definition) is 2. The summed E-state index contributed by atoms with van der Waals surface area (Å²) >= 11 is 0. The quantitative estimate of drug-likeness (QED) is 0.827. The molecule has 24 heavy (non-hydrogen) atoms. The standard InChI is InChI=1S/C17H22N4O3/c1-12-6-9-19-21(12)10-7-16(22)20-14-4-5-15(17(14)23)24-13-3-2-8-18-11-13/h2-3,6,8-9,11,14-15,17,23H,4-5,7,10H2,1H3,(H,20,22)/t14-,15-,17-/m1/s1. The van der Waals surface area contributed by atoms with Gasteiger partial charge in [-0.1, -0.05) is 0 Å². The number of carbonyl (C=O) groups is 1. The van der Waals surface area contributed by atoms with Crippen LogP contribution in [-0.2, 0) is 11.3 Å². The molecular formula is C17H22N4O3. The molecule has 1 fully saturated rings. The summed E-state index contributed by atoms with van der Waals surface area (Å²) in [5.74, 6) is 0.540. The average Bonchev–Trinajstić information content (AvgIpc) is 3.14. The second-order valence-electron chi connectivity index (χ2n) is 6.03. The van der Waals surface area contributed by atoms with Crippen molar-refractivity contribution in [1.29, 1.82) is 0 Å². The van der Waals surface area contributed by atoms with Crippen molar-refractivity contribution >= 4 is 5.91 Å². The molecule has 1 saturated carbocycles. The molecule has 0 unspecified atom stereocenters. The van der Waals surface area contributed by atoms with Crippen LogP contribution in [0.15, 0.2) is 36.8 Å². The lowest BCUT2D eigenvalue weighted by atomic mass is 10.2. The zero-order valence-electron chi connectivity index (χ0n) is 13.6. The van der Waals surface area contributed by atoms with Crippen molar-refractivity contribution in [3.05, 3.63) is 42.5 Å². The van der Waals surface area contributed by atoms with Gasteiger partial charge in [0.2, 0.25) is 5.91 Å². The molecule has 2 aromatic heterocycles. The maximum atomic E-state index is 12.1. The smallest absolute Gasteiger partial charge is 0.222 e. The first-order valence-corrected chi connectivity index (χ1v) is 8.16. The number of aliphatic hydroxyl groups is 1. The minimum Gasteiger partial charge on any atom is -0.486 e. The van der Waals surface area contributed by atoms with Gasteiger partial charge in [0, 0.05) is 31.1 Å². The fourth-order valence-electron chi connectivity index (χ4n) is 2.94. The molecular weight excluding hydrogens is 308 g/mol. The van der Waals surface area contributed by atoms with Crippen LogP contribution < -0.4 is 10.1 Å². The zero-order chi connectivity index (χ0) is 16.9. The molecule has 7 heteroatoms. The van der Waals surface area contributed by atoms with Gasteiger partial charge in [0.05, 0.1) is 12.2 Å². The van der Waals surface area contributed by atoms with Gasteiger partial charge in [-0.15, -0.1) is 0 Å². The number of nitrogens with one attached hydrogen (secondary N) is 1. The number of nitrogens with zero attached hydrogens (tertiary/aromatic N) is 3. The lowest BCUT2D eigenvalue weighted by molar-refractivity contribution is -0.122. The van der Waals surface area contributed by atoms with E-state index in [0.717, 1.165) is 5.69 Å². The first-order chi connectivity index (χ1) is 11.6. The third kappa shape index (κ3) is 3.91. The van der Waals surface area contributed by atoms with Crippen LogP contribution in [0.5, 0.6) is 5.75 Å². The van der Waals surface area contributed by atoms with Crippen molar-refractivity contribution in [2.75, 3.05) is 0 Å². The van der Waals surface area contributed by atoms with Crippen molar-refractivity contribution in [1.82, 2.24) is 20.1 Å². The number of carbonyl (C=O) groups excluding carboxylic acids is 1. The molecule has 0 bridgehead atoms. The highest BCUT2D eigenvalue weighted by atomic mass is 16.5. The van der Waals surface area contributed by atoms with E-state index in [2.05, 4.69) is 15.4 Å². The maximum Gasteiger partial charge on any atom is 0.222 e. The topological polar surface area (TPSA) is 89.3 Å². The monoisotopic (exact) mass is 330 g/mol. The van der Waals surface area contributed by atoms with E-state index in [-0.39, 0.29) is 18.1 Å². The highest BCUT2D eigenvalue weighted by Crippen LogP contribution is 2.25. The van der Waals surface area contributed by atoms with Crippen LogP contribution in [-0.4, -0.2) is 44.0 Å². The molecule has 2 N–H and O–H groups in total. The summed E-state index contributed by atoms with van der Waals surface area (Å²) < 4.78 is 7.55. The molecule has 0 aliphatic heterocycles. The molecule has 1 aliphatic rings. The van der Waals surface area contributed by atoms with E-state index in [1.807, 2.05) is 13.0 Å². The summed E-state index contributed by atoms with van der Waals surface area (Å²) in [7, 11) is 0. The van der Waals surface area contributed by atoms with Crippen molar-refractivity contribution in [2.24, 2.45) is 0 Å². The molecule has 0 spiro atoms. The lowest BCUT2D eigenvalue weighted by Crippen LogP contribution is -2.44. The number of amides is 1. The molecule has 128 valence electrons. The van der Waals surface area contributed by atoms with Crippen LogP contribution in [0.25, 0.3) is 0 Å². The normalized spacial score (nSPS) is 23.2. The van der Waals surface area contributed by atoms with Crippen molar-refractivity contribution < 1.29 is 14.6 Å². The van der Waals surface area contributed by atoms with Gasteiger partial charge in [-0.05, 0) is 38.0 Å². The molecule has 2 aromatic rings. The molecule has 1 amide bonds. The van der Waals surface area contributed by atoms with Gasteiger partial charge in [-0.3, -0.25) is 14.5 Å². The Morgan fingerprint density at radius 2 is 2.29 bits per heavy atom. The van der Waals surface area contributed by atoms with E-state index >= 15 is 0 Å². The maximum absolute atomic E-state index is 12.1. The summed E-state index contributed by atoms with van der Waals surface area (Å²) in [5, 5.41) is 17.4. The summed E-state index contributed by atoms with van der Waals surface area (Å²) in [6.07, 6.45) is 5.67. The minimum absolute atomic E-state index is 0.0871. The summed E-state index contributed by atoms with van der Waals surface area (Å²) in [4.78, 5) is 16.1. The van der Waals surface area contributed by atoms with Crippen molar-refractivity contribution in [2.45, 2.75) is 51.0 Å². The van der Waals surface area contributed by atoms with Gasteiger partial charge in [0.15, 0.2) is 0 Å². The molecule has 1 aliphatic carbocycles. The molecule has 7 nitrogen and oxygen atoms in total. The minimum atomic E-state index is -0.722. The third-order valence-corrected chi connectivity index (χ3v) is 4.30. The SMILES string of the molecule is Cc1ccnn1CCC(=O)N[C@@H]1CC[C@@H](Oc2cccnc2)[C@@H]1O. The number of aliphatic hydroxyl groups excluding tert-OH is 1. The second-order valence-corrected chi connectivity index (χ2v) is 6.03. The Labute approximate surface area is 140 Å². The second kappa shape index (κ2) is 7.44. The van der Waals surface area contributed by atoms with Crippen LogP contribution in [0.4, 0.5) is 0 Å². The largest absolute Gasteiger partial charge is 0.486 e. The van der Waals surface area contributed by atoms with Crippen LogP contribution in [0.2, 0.25) is 0 Å². The molecule has 3 rings (SSSR count). The van der Waals surface area contributed by atoms with E-state index in [1.54, 1.807) is 35.4 Å². The van der Waals surface area contributed by atoms with Crippen LogP contribution in [0, 0.1) is 6.92 Å². The number of aryl methyl sites for hydroxylation is 2. The molecule has 3 atom stereocenters. The fourth-order valence-corrected chi connectivity index (χ4v) is 2.94. The van der Waals surface area contributed by atoms with Gasteiger partial charge in [0.25, 0.3) is 0 Å². The first-order valence-electron chi connectivity index (χ1n) is 8.16. The van der Waals surface area contributed by atoms with E-state index in [4.69, 9.17) is 4.74 Å². The van der Waals surface area contributed by atoms with Crippen LogP contribution in [0.1, 0.15) is 25.0 Å². The molecule has 2 heterocycles. The van der Waals surface area contributed by atoms with Gasteiger partial charge in [-0.25, -0.2) is 0 Å². The fraction of sp³-hybridized carbons (Fsp3) is 0.471. The molecule has 0 radical (unpaired) electrons. The zero-order valence-corrected chi connectivity index (χ0v) is 13.6. The van der Waals surface area contributed by atoms with Crippen molar-refractivity contribution in [3.63, 3.8) is 0 Å². The highest BCUT2D eigenvalue weighted by molar-refractivity contribution is 5.76. The number of aromatic nitrogens is 3. The Bertz CT molecular complexity index is 673. The third-order valence-electron chi connectivity index (χ3n) is 4.30. The van der Waals surface area contributed by atoms with E-state index in [0.29, 0.717) is 31.6 Å². The Kier molecular flexibility index (Phi) is 5.10. The van der Waals surface area contributed by atoms with Crippen LogP contribution >= 0.6 is 0 Å². The predicted octanol–water partition coefficient (Wildman–Crippen LogP) is 1.06. The van der Waals surface area contributed by atoms with Gasteiger partial charge < -0.3 is 15.2 Å². The lowest BCUT2D eigenvalue weighted by Gasteiger charge is -2.21. The Hall–Kier alpha value is -2.41. The predicted molar refractivity (Wildman–Crippen MR) is 87.4 cm³/mol. The van der Waals surface area contributed by atoms with Crippen LogP contribution in [0.3, 0.4) is 0 Å². The van der Waals surface area contributed by atoms with E-state index in [1.165, 1.54) is 0 Å². The number of ether oxygens (including phenoxy) is 1. The molecule has 0 saturated heterocycles. The number of rotatable bonds is 6. The number of hydrogen-bond acceptors (Lipinski definition) is 5. The summed E-state index contributed by atoms with van der Waals surface area (Å²) in [5.41, 5.74) is 1.02. The van der Waals surface area contributed by atoms with Gasteiger partial charge in [-0.2, -0.15) is 5.10 Å². The summed E-state index contributed by atoms with van der Waals surface area (Å²) in [6.45, 7) is 2.48. The van der Waals surface area contributed by atoms with Crippen molar-refractivity contribution in [3.8, 4) is 5.75 Å². The average molecular weight is 330 g/mol. The Morgan fingerprint density at radius 3 is 3.00 bits per heavy atom. The van der Waals surface area contributed by atoms with E-state index < -0.39 is 6.10 Å². The molecule has 0 aromatic carbocycles.